The van der Waals surface area contributed by atoms with Gasteiger partial charge in [0.05, 0.1) is 11.4 Å². The lowest BCUT2D eigenvalue weighted by atomic mass is 10.0. The molecule has 1 aliphatic rings. The van der Waals surface area contributed by atoms with Gasteiger partial charge in [-0.3, -0.25) is 4.40 Å². The van der Waals surface area contributed by atoms with Gasteiger partial charge in [-0.2, -0.15) is 0 Å². The van der Waals surface area contributed by atoms with Crippen LogP contribution < -0.4 is 10.6 Å². The molecule has 1 aliphatic heterocycles. The van der Waals surface area contributed by atoms with Gasteiger partial charge in [0, 0.05) is 29.4 Å². The van der Waals surface area contributed by atoms with Crippen molar-refractivity contribution < 1.29 is 0 Å². The molecule has 4 heterocycles. The Morgan fingerprint density at radius 3 is 2.45 bits per heavy atom. The highest BCUT2D eigenvalue weighted by molar-refractivity contribution is 7.15. The average Bonchev–Trinajstić information content (AvgIpc) is 3.47. The van der Waals surface area contributed by atoms with Gasteiger partial charge in [-0.1, -0.05) is 54.6 Å². The summed E-state index contributed by atoms with van der Waals surface area (Å²) in [6.07, 6.45) is 6.05. The number of hydrogen-bond acceptors (Lipinski definition) is 6. The Labute approximate surface area is 196 Å². The topological polar surface area (TPSA) is 67.1 Å². The van der Waals surface area contributed by atoms with Gasteiger partial charge >= 0.3 is 0 Å². The number of nitrogens with one attached hydrogen (secondary N) is 2. The first-order valence-corrected chi connectivity index (χ1v) is 12.2. The van der Waals surface area contributed by atoms with E-state index in [4.69, 9.17) is 9.97 Å². The van der Waals surface area contributed by atoms with Crippen LogP contribution >= 0.6 is 11.3 Å². The molecule has 6 rings (SSSR count). The highest BCUT2D eigenvalue weighted by atomic mass is 32.1. The van der Waals surface area contributed by atoms with Crippen LogP contribution in [0.1, 0.15) is 12.8 Å². The first-order chi connectivity index (χ1) is 16.3. The van der Waals surface area contributed by atoms with Crippen molar-refractivity contribution in [3.05, 3.63) is 78.4 Å². The molecule has 7 heteroatoms. The summed E-state index contributed by atoms with van der Waals surface area (Å²) in [6.45, 7) is 2.05. The van der Waals surface area contributed by atoms with Gasteiger partial charge in [-0.25, -0.2) is 15.0 Å². The zero-order valence-corrected chi connectivity index (χ0v) is 18.9. The van der Waals surface area contributed by atoms with E-state index in [0.717, 1.165) is 53.5 Å². The molecule has 164 valence electrons. The zero-order chi connectivity index (χ0) is 22.0. The number of aromatic nitrogens is 4. The molecule has 0 aliphatic carbocycles. The Hall–Kier alpha value is -3.55. The molecule has 33 heavy (non-hydrogen) atoms. The fourth-order valence-corrected chi connectivity index (χ4v) is 5.11. The molecule has 3 aromatic heterocycles. The molecule has 0 radical (unpaired) electrons. The monoisotopic (exact) mass is 452 g/mol. The fraction of sp³-hybridized carbons (Fsp3) is 0.192. The maximum Gasteiger partial charge on any atom is 0.223 e. The highest BCUT2D eigenvalue weighted by Gasteiger charge is 2.19. The molecule has 2 aromatic carbocycles. The largest absolute Gasteiger partial charge is 0.351 e. The number of nitrogens with zero attached hydrogens (tertiary/aromatic N) is 4. The zero-order valence-electron chi connectivity index (χ0n) is 18.1. The minimum Gasteiger partial charge on any atom is -0.351 e. The second-order valence-corrected chi connectivity index (χ2v) is 9.12. The maximum atomic E-state index is 4.96. The summed E-state index contributed by atoms with van der Waals surface area (Å²) < 4.78 is 2.13. The molecule has 6 nitrogen and oxygen atoms in total. The Balaban J connectivity index is 1.38. The van der Waals surface area contributed by atoms with Gasteiger partial charge in [0.2, 0.25) is 5.95 Å². The molecular formula is C26H24N6S. The van der Waals surface area contributed by atoms with Gasteiger partial charge in [-0.05, 0) is 43.1 Å². The van der Waals surface area contributed by atoms with Gasteiger partial charge in [0.25, 0.3) is 0 Å². The maximum absolute atomic E-state index is 4.96. The molecule has 0 spiro atoms. The van der Waals surface area contributed by atoms with E-state index in [2.05, 4.69) is 80.1 Å². The lowest BCUT2D eigenvalue weighted by Crippen LogP contribution is -2.35. The minimum atomic E-state index is 0.401. The number of benzene rings is 2. The van der Waals surface area contributed by atoms with Crippen LogP contribution in [0.2, 0.25) is 0 Å². The van der Waals surface area contributed by atoms with Gasteiger partial charge in [-0.15, -0.1) is 11.3 Å². The number of piperidine rings is 1. The molecule has 1 saturated heterocycles. The van der Waals surface area contributed by atoms with E-state index in [-0.39, 0.29) is 0 Å². The Kier molecular flexibility index (Phi) is 5.34. The van der Waals surface area contributed by atoms with E-state index in [1.54, 1.807) is 11.3 Å². The number of hydrogen-bond donors (Lipinski definition) is 2. The SMILES string of the molecule is c1ccc(-c2ccc(-c3nc4sccn4c3-c3ccnc(NC4CCNCC4)n3)cc2)cc1. The fourth-order valence-electron chi connectivity index (χ4n) is 4.39. The Bertz CT molecular complexity index is 1370. The standard InChI is InChI=1S/C26H24N6S/c1-2-4-18(5-3-1)19-6-8-20(9-7-19)23-24(32-16-17-33-26(32)31-23)22-12-15-28-25(30-22)29-21-10-13-27-14-11-21/h1-9,12,15-17,21,27H,10-11,13-14H2,(H,28,29,30). The molecule has 0 saturated carbocycles. The van der Waals surface area contributed by atoms with E-state index in [1.807, 2.05) is 18.3 Å². The van der Waals surface area contributed by atoms with Crippen LogP contribution in [-0.4, -0.2) is 38.5 Å². The summed E-state index contributed by atoms with van der Waals surface area (Å²) in [5.41, 5.74) is 6.28. The summed E-state index contributed by atoms with van der Waals surface area (Å²) >= 11 is 1.63. The van der Waals surface area contributed by atoms with Crippen molar-refractivity contribution in [1.82, 2.24) is 24.7 Å². The van der Waals surface area contributed by atoms with E-state index in [1.165, 1.54) is 11.1 Å². The van der Waals surface area contributed by atoms with Crippen molar-refractivity contribution in [2.75, 3.05) is 18.4 Å². The molecule has 0 bridgehead atoms. The first-order valence-electron chi connectivity index (χ1n) is 11.3. The van der Waals surface area contributed by atoms with Crippen molar-refractivity contribution in [3.63, 3.8) is 0 Å². The molecule has 0 amide bonds. The highest BCUT2D eigenvalue weighted by Crippen LogP contribution is 2.34. The summed E-state index contributed by atoms with van der Waals surface area (Å²) in [6, 6.07) is 21.4. The number of anilines is 1. The number of rotatable bonds is 5. The van der Waals surface area contributed by atoms with E-state index < -0.39 is 0 Å². The number of thiazole rings is 1. The third-order valence-corrected chi connectivity index (χ3v) is 6.85. The van der Waals surface area contributed by atoms with Crippen molar-refractivity contribution in [3.8, 4) is 33.8 Å². The predicted molar refractivity (Wildman–Crippen MR) is 134 cm³/mol. The number of imidazole rings is 1. The summed E-state index contributed by atoms with van der Waals surface area (Å²) in [7, 11) is 0. The Morgan fingerprint density at radius 1 is 0.879 bits per heavy atom. The quantitative estimate of drug-likeness (QED) is 0.376. The van der Waals surface area contributed by atoms with Crippen LogP contribution in [0.3, 0.4) is 0 Å². The molecular weight excluding hydrogens is 428 g/mol. The van der Waals surface area contributed by atoms with Crippen molar-refractivity contribution in [1.29, 1.82) is 0 Å². The number of fused-ring (bicyclic) bond motifs is 1. The van der Waals surface area contributed by atoms with Crippen molar-refractivity contribution in [2.45, 2.75) is 18.9 Å². The predicted octanol–water partition coefficient (Wildman–Crippen LogP) is 5.35. The van der Waals surface area contributed by atoms with Crippen molar-refractivity contribution >= 4 is 22.2 Å². The summed E-state index contributed by atoms with van der Waals surface area (Å²) in [4.78, 5) is 15.3. The van der Waals surface area contributed by atoms with Gasteiger partial charge in [0.15, 0.2) is 4.96 Å². The second kappa shape index (κ2) is 8.77. The summed E-state index contributed by atoms with van der Waals surface area (Å²) in [5.74, 6) is 0.676. The Morgan fingerprint density at radius 2 is 1.64 bits per heavy atom. The summed E-state index contributed by atoms with van der Waals surface area (Å²) in [5, 5.41) is 8.98. The van der Waals surface area contributed by atoms with Crippen LogP contribution in [0.4, 0.5) is 5.95 Å². The van der Waals surface area contributed by atoms with Gasteiger partial charge < -0.3 is 10.6 Å². The molecule has 0 unspecified atom stereocenters. The smallest absolute Gasteiger partial charge is 0.223 e. The van der Waals surface area contributed by atoms with Crippen LogP contribution in [0.15, 0.2) is 78.4 Å². The minimum absolute atomic E-state index is 0.401. The lowest BCUT2D eigenvalue weighted by molar-refractivity contribution is 0.477. The molecule has 5 aromatic rings. The van der Waals surface area contributed by atoms with Crippen LogP contribution in [0.5, 0.6) is 0 Å². The van der Waals surface area contributed by atoms with Crippen LogP contribution in [0, 0.1) is 0 Å². The second-order valence-electron chi connectivity index (χ2n) is 8.24. The van der Waals surface area contributed by atoms with Crippen LogP contribution in [-0.2, 0) is 0 Å². The normalized spacial score (nSPS) is 14.5. The first kappa shape index (κ1) is 20.1. The molecule has 0 atom stereocenters. The molecule has 1 fully saturated rings. The van der Waals surface area contributed by atoms with E-state index >= 15 is 0 Å². The lowest BCUT2D eigenvalue weighted by Gasteiger charge is -2.23. The average molecular weight is 453 g/mol. The van der Waals surface area contributed by atoms with E-state index in [9.17, 15) is 0 Å². The van der Waals surface area contributed by atoms with Crippen LogP contribution in [0.25, 0.3) is 38.7 Å². The van der Waals surface area contributed by atoms with Crippen molar-refractivity contribution in [2.24, 2.45) is 0 Å². The van der Waals surface area contributed by atoms with E-state index in [0.29, 0.717) is 12.0 Å². The molecule has 2 N–H and O–H groups in total. The van der Waals surface area contributed by atoms with Gasteiger partial charge in [0.1, 0.15) is 5.69 Å². The third-order valence-electron chi connectivity index (χ3n) is 6.10. The third kappa shape index (κ3) is 4.01.